The number of hydrogen-bond donors (Lipinski definition) is 1. The van der Waals surface area contributed by atoms with Crippen LogP contribution in [0.3, 0.4) is 0 Å². The topological polar surface area (TPSA) is 105 Å². The quantitative estimate of drug-likeness (QED) is 0.145. The maximum atomic E-state index is 14.8. The third-order valence-electron chi connectivity index (χ3n) is 8.25. The van der Waals surface area contributed by atoms with Crippen LogP contribution in [-0.2, 0) is 32.6 Å². The molecule has 0 radical (unpaired) electrons. The number of unbranched alkanes of at least 4 members (excludes halogenated alkanes) is 1. The van der Waals surface area contributed by atoms with E-state index in [-0.39, 0.29) is 35.2 Å². The number of carbonyl (C=O) groups is 2. The number of methoxy groups -OCH3 is 2. The molecule has 4 aromatic carbocycles. The summed E-state index contributed by atoms with van der Waals surface area (Å²) in [7, 11) is -1.40. The maximum absolute atomic E-state index is 14.8. The summed E-state index contributed by atoms with van der Waals surface area (Å²) in [6, 6.07) is 27.4. The average Bonchev–Trinajstić information content (AvgIpc) is 3.09. The minimum Gasteiger partial charge on any atom is -0.497 e. The van der Waals surface area contributed by atoms with E-state index in [1.54, 1.807) is 24.3 Å². The number of anilines is 1. The zero-order valence-corrected chi connectivity index (χ0v) is 29.1. The van der Waals surface area contributed by atoms with Crippen molar-refractivity contribution >= 4 is 27.5 Å². The molecule has 4 rings (SSSR count). The van der Waals surface area contributed by atoms with Crippen molar-refractivity contribution < 1.29 is 27.5 Å². The molecule has 1 N–H and O–H groups in total. The van der Waals surface area contributed by atoms with Gasteiger partial charge in [0.2, 0.25) is 11.8 Å². The minimum absolute atomic E-state index is 0.00868. The number of ether oxygens (including phenoxy) is 2. The lowest BCUT2D eigenvalue weighted by Crippen LogP contribution is -2.53. The lowest BCUT2D eigenvalue weighted by molar-refractivity contribution is -0.140. The fourth-order valence-corrected chi connectivity index (χ4v) is 6.79. The van der Waals surface area contributed by atoms with Gasteiger partial charge < -0.3 is 19.7 Å². The summed E-state index contributed by atoms with van der Waals surface area (Å²) in [5, 5.41) is 3.02. The van der Waals surface area contributed by atoms with Crippen LogP contribution in [0.15, 0.2) is 102 Å². The molecule has 0 aliphatic rings. The molecule has 1 atom stereocenters. The molecule has 0 fully saturated rings. The first-order chi connectivity index (χ1) is 23.1. The summed E-state index contributed by atoms with van der Waals surface area (Å²) >= 11 is 0. The van der Waals surface area contributed by atoms with Gasteiger partial charge in [0, 0.05) is 25.6 Å². The normalized spacial score (nSPS) is 11.8. The van der Waals surface area contributed by atoms with Crippen LogP contribution in [0, 0.1) is 13.8 Å². The van der Waals surface area contributed by atoms with Crippen LogP contribution in [-0.4, -0.2) is 58.5 Å². The van der Waals surface area contributed by atoms with Crippen LogP contribution in [0.4, 0.5) is 5.69 Å². The molecule has 48 heavy (non-hydrogen) atoms. The van der Waals surface area contributed by atoms with Gasteiger partial charge in [0.25, 0.3) is 10.0 Å². The number of benzene rings is 4. The maximum Gasteiger partial charge on any atom is 0.264 e. The van der Waals surface area contributed by atoms with Gasteiger partial charge in [-0.25, -0.2) is 8.42 Å². The summed E-state index contributed by atoms with van der Waals surface area (Å²) in [5.41, 5.74) is 3.68. The Kier molecular flexibility index (Phi) is 12.6. The molecule has 9 nitrogen and oxygen atoms in total. The van der Waals surface area contributed by atoms with Crippen LogP contribution in [0.5, 0.6) is 11.5 Å². The molecular weight excluding hydrogens is 627 g/mol. The SMILES string of the molecule is CCCCNC(=O)C(Cc1ccccc1)N(Cc1ccccc1C)C(=O)CN(c1cc(OC)ccc1OC)S(=O)(=O)c1ccc(C)cc1. The third kappa shape index (κ3) is 8.95. The highest BCUT2D eigenvalue weighted by atomic mass is 32.2. The number of carbonyl (C=O) groups excluding carboxylic acids is 2. The van der Waals surface area contributed by atoms with Gasteiger partial charge in [-0.05, 0) is 61.2 Å². The molecule has 0 heterocycles. The van der Waals surface area contributed by atoms with Crippen LogP contribution >= 0.6 is 0 Å². The minimum atomic E-state index is -4.31. The first-order valence-electron chi connectivity index (χ1n) is 16.1. The molecule has 254 valence electrons. The zero-order valence-electron chi connectivity index (χ0n) is 28.3. The van der Waals surface area contributed by atoms with Crippen LogP contribution in [0.25, 0.3) is 0 Å². The smallest absolute Gasteiger partial charge is 0.264 e. The van der Waals surface area contributed by atoms with Gasteiger partial charge in [0.15, 0.2) is 0 Å². The summed E-state index contributed by atoms with van der Waals surface area (Å²) in [6.07, 6.45) is 1.92. The average molecular weight is 672 g/mol. The number of sulfonamides is 1. The van der Waals surface area contributed by atoms with Crippen molar-refractivity contribution in [2.75, 3.05) is 31.6 Å². The van der Waals surface area contributed by atoms with Crippen LogP contribution in [0.2, 0.25) is 0 Å². The van der Waals surface area contributed by atoms with Crippen molar-refractivity contribution in [2.45, 2.75) is 57.5 Å². The number of rotatable bonds is 16. The van der Waals surface area contributed by atoms with E-state index in [0.29, 0.717) is 12.3 Å². The Bertz CT molecular complexity index is 1780. The van der Waals surface area contributed by atoms with Crippen LogP contribution in [0.1, 0.15) is 42.0 Å². The number of hydrogen-bond acceptors (Lipinski definition) is 6. The monoisotopic (exact) mass is 671 g/mol. The van der Waals surface area contributed by atoms with E-state index in [9.17, 15) is 18.0 Å². The van der Waals surface area contributed by atoms with Gasteiger partial charge in [-0.15, -0.1) is 0 Å². The molecule has 0 aliphatic heterocycles. The van der Waals surface area contributed by atoms with E-state index in [1.165, 1.54) is 37.3 Å². The largest absolute Gasteiger partial charge is 0.497 e. The molecule has 0 aliphatic carbocycles. The molecule has 4 aromatic rings. The Labute approximate surface area is 284 Å². The van der Waals surface area contributed by atoms with E-state index < -0.39 is 28.5 Å². The fraction of sp³-hybridized carbons (Fsp3) is 0.316. The second kappa shape index (κ2) is 16.8. The van der Waals surface area contributed by atoms with Crippen molar-refractivity contribution in [3.8, 4) is 11.5 Å². The number of aryl methyl sites for hydroxylation is 2. The van der Waals surface area contributed by atoms with Crippen molar-refractivity contribution in [1.29, 1.82) is 0 Å². The van der Waals surface area contributed by atoms with E-state index in [4.69, 9.17) is 9.47 Å². The molecular formula is C38H45N3O6S. The Hall–Kier alpha value is -4.83. The Balaban J connectivity index is 1.86. The van der Waals surface area contributed by atoms with Crippen LogP contribution < -0.4 is 19.1 Å². The Morgan fingerprint density at radius 1 is 0.854 bits per heavy atom. The highest BCUT2D eigenvalue weighted by molar-refractivity contribution is 7.92. The van der Waals surface area contributed by atoms with Gasteiger partial charge in [0.1, 0.15) is 24.1 Å². The van der Waals surface area contributed by atoms with Gasteiger partial charge in [0.05, 0.1) is 24.8 Å². The van der Waals surface area contributed by atoms with Gasteiger partial charge in [-0.3, -0.25) is 13.9 Å². The third-order valence-corrected chi connectivity index (χ3v) is 10.0. The van der Waals surface area contributed by atoms with Crippen molar-refractivity contribution in [3.05, 3.63) is 119 Å². The van der Waals surface area contributed by atoms with Gasteiger partial charge in [-0.1, -0.05) is 85.6 Å². The predicted molar refractivity (Wildman–Crippen MR) is 189 cm³/mol. The number of nitrogens with zero attached hydrogens (tertiary/aromatic N) is 2. The van der Waals surface area contributed by atoms with Crippen molar-refractivity contribution in [1.82, 2.24) is 10.2 Å². The molecule has 0 saturated heterocycles. The summed E-state index contributed by atoms with van der Waals surface area (Å²) in [4.78, 5) is 30.2. The standard InChI is InChI=1S/C38H45N3O6S/c1-6-7-23-39-38(43)35(24-30-14-9-8-10-15-30)40(26-31-16-12-11-13-29(31)3)37(42)27-41(34-25-32(46-4)19-22-36(34)47-5)48(44,45)33-20-17-28(2)18-21-33/h8-22,25,35H,6-7,23-24,26-27H2,1-5H3,(H,39,43). The molecule has 0 saturated carbocycles. The Morgan fingerprint density at radius 3 is 2.19 bits per heavy atom. The van der Waals surface area contributed by atoms with Crippen molar-refractivity contribution in [2.24, 2.45) is 0 Å². The lowest BCUT2D eigenvalue weighted by atomic mass is 10.0. The van der Waals surface area contributed by atoms with E-state index in [1.807, 2.05) is 75.4 Å². The second-order valence-corrected chi connectivity index (χ2v) is 13.5. The highest BCUT2D eigenvalue weighted by Crippen LogP contribution is 2.36. The van der Waals surface area contributed by atoms with Gasteiger partial charge in [-0.2, -0.15) is 0 Å². The molecule has 0 bridgehead atoms. The van der Waals surface area contributed by atoms with E-state index in [0.717, 1.165) is 39.4 Å². The molecule has 0 spiro atoms. The zero-order chi connectivity index (χ0) is 34.7. The summed E-state index contributed by atoms with van der Waals surface area (Å²) in [6.45, 7) is 5.81. The predicted octanol–water partition coefficient (Wildman–Crippen LogP) is 6.07. The number of amides is 2. The van der Waals surface area contributed by atoms with E-state index >= 15 is 0 Å². The summed E-state index contributed by atoms with van der Waals surface area (Å²) in [5.74, 6) is -0.231. The first kappa shape index (κ1) is 36.0. The fourth-order valence-electron chi connectivity index (χ4n) is 5.37. The molecule has 2 amide bonds. The van der Waals surface area contributed by atoms with E-state index in [2.05, 4.69) is 5.32 Å². The molecule has 0 aromatic heterocycles. The van der Waals surface area contributed by atoms with Crippen molar-refractivity contribution in [3.63, 3.8) is 0 Å². The lowest BCUT2D eigenvalue weighted by Gasteiger charge is -2.34. The second-order valence-electron chi connectivity index (χ2n) is 11.7. The molecule has 1 unspecified atom stereocenters. The highest BCUT2D eigenvalue weighted by Gasteiger charge is 2.36. The molecule has 10 heteroatoms. The first-order valence-corrected chi connectivity index (χ1v) is 17.5. The van der Waals surface area contributed by atoms with Gasteiger partial charge >= 0.3 is 0 Å². The summed E-state index contributed by atoms with van der Waals surface area (Å²) < 4.78 is 40.9. The number of nitrogens with one attached hydrogen (secondary N) is 1. The Morgan fingerprint density at radius 2 is 1.54 bits per heavy atom.